The zero-order valence-electron chi connectivity index (χ0n) is 12.3. The van der Waals surface area contributed by atoms with Gasteiger partial charge in [0.25, 0.3) is 0 Å². The maximum Gasteiger partial charge on any atom is 0.166 e. The number of nitrogens with two attached hydrogens (primary N) is 1. The van der Waals surface area contributed by atoms with E-state index in [9.17, 15) is 0 Å². The Labute approximate surface area is 130 Å². The third-order valence-corrected chi connectivity index (χ3v) is 3.44. The van der Waals surface area contributed by atoms with Gasteiger partial charge in [0.2, 0.25) is 0 Å². The molecule has 0 aliphatic carbocycles. The largest absolute Gasteiger partial charge is 0.485 e. The Hall–Kier alpha value is -2.81. The summed E-state index contributed by atoms with van der Waals surface area (Å²) in [4.78, 5) is 4.02. The minimum absolute atomic E-state index is 0.419. The quantitative estimate of drug-likeness (QED) is 0.776. The van der Waals surface area contributed by atoms with Gasteiger partial charge in [0.05, 0.1) is 0 Å². The molecule has 3 heteroatoms. The highest BCUT2D eigenvalue weighted by Crippen LogP contribution is 2.19. The minimum atomic E-state index is 0.419. The van der Waals surface area contributed by atoms with E-state index < -0.39 is 0 Å². The van der Waals surface area contributed by atoms with Crippen molar-refractivity contribution < 1.29 is 4.74 Å². The average Bonchev–Trinajstić information content (AvgIpc) is 2.55. The number of ether oxygens (including phenoxy) is 1. The molecule has 0 saturated carbocycles. The van der Waals surface area contributed by atoms with Gasteiger partial charge in [0.1, 0.15) is 6.61 Å². The van der Waals surface area contributed by atoms with E-state index in [1.54, 1.807) is 6.20 Å². The van der Waals surface area contributed by atoms with Gasteiger partial charge in [0, 0.05) is 6.20 Å². The molecule has 3 aromatic rings. The first-order chi connectivity index (χ1) is 10.8. The Morgan fingerprint density at radius 1 is 0.818 bits per heavy atom. The molecule has 0 amide bonds. The summed E-state index contributed by atoms with van der Waals surface area (Å²) in [7, 11) is 0. The van der Waals surface area contributed by atoms with Gasteiger partial charge < -0.3 is 10.5 Å². The molecule has 110 valence electrons. The van der Waals surface area contributed by atoms with Crippen LogP contribution in [-0.2, 0) is 13.0 Å². The molecule has 3 rings (SSSR count). The fourth-order valence-corrected chi connectivity index (χ4v) is 2.35. The van der Waals surface area contributed by atoms with Crippen molar-refractivity contribution in [2.24, 2.45) is 0 Å². The molecular formula is C19H18N2O. The van der Waals surface area contributed by atoms with E-state index in [-0.39, 0.29) is 0 Å². The van der Waals surface area contributed by atoms with Crippen molar-refractivity contribution in [1.82, 2.24) is 4.98 Å². The summed E-state index contributed by atoms with van der Waals surface area (Å²) >= 11 is 0. The number of aromatic nitrogens is 1. The first-order valence-corrected chi connectivity index (χ1v) is 7.26. The lowest BCUT2D eigenvalue weighted by molar-refractivity contribution is 0.307. The first kappa shape index (κ1) is 14.1. The highest BCUT2D eigenvalue weighted by molar-refractivity contribution is 5.44. The van der Waals surface area contributed by atoms with Crippen LogP contribution in [0, 0.1) is 0 Å². The molecular weight excluding hydrogens is 272 g/mol. The molecule has 2 N–H and O–H groups in total. The Morgan fingerprint density at radius 2 is 1.59 bits per heavy atom. The van der Waals surface area contributed by atoms with Crippen LogP contribution >= 0.6 is 0 Å². The number of anilines is 1. The Kier molecular flexibility index (Phi) is 4.35. The number of pyridine rings is 1. The Balaban J connectivity index is 1.68. The lowest BCUT2D eigenvalue weighted by Gasteiger charge is -2.09. The lowest BCUT2D eigenvalue weighted by atomic mass is 10.0. The molecule has 0 aliphatic rings. The second-order valence-electron chi connectivity index (χ2n) is 5.16. The van der Waals surface area contributed by atoms with Crippen molar-refractivity contribution >= 4 is 5.82 Å². The van der Waals surface area contributed by atoms with Crippen molar-refractivity contribution in [2.75, 3.05) is 5.73 Å². The van der Waals surface area contributed by atoms with Crippen LogP contribution in [0.4, 0.5) is 5.82 Å². The zero-order valence-corrected chi connectivity index (χ0v) is 12.3. The van der Waals surface area contributed by atoms with E-state index in [0.717, 1.165) is 12.0 Å². The summed E-state index contributed by atoms with van der Waals surface area (Å²) < 4.78 is 5.74. The second-order valence-corrected chi connectivity index (χ2v) is 5.16. The smallest absolute Gasteiger partial charge is 0.166 e. The van der Waals surface area contributed by atoms with Crippen LogP contribution in [0.2, 0.25) is 0 Å². The number of benzene rings is 2. The summed E-state index contributed by atoms with van der Waals surface area (Å²) in [6.07, 6.45) is 2.58. The van der Waals surface area contributed by atoms with E-state index in [1.807, 2.05) is 18.2 Å². The number of nitrogen functional groups attached to an aromatic ring is 1. The van der Waals surface area contributed by atoms with Crippen LogP contribution in [0.25, 0.3) is 0 Å². The molecule has 0 fully saturated rings. The van der Waals surface area contributed by atoms with Crippen LogP contribution < -0.4 is 10.5 Å². The van der Waals surface area contributed by atoms with Crippen LogP contribution in [0.3, 0.4) is 0 Å². The van der Waals surface area contributed by atoms with Crippen molar-refractivity contribution in [2.45, 2.75) is 13.0 Å². The van der Waals surface area contributed by atoms with Gasteiger partial charge in [-0.05, 0) is 35.2 Å². The standard InChI is InChI=1S/C19H18N2O/c20-19-18(10-5-11-21-19)22-14-17-9-4-8-16(13-17)12-15-6-2-1-3-7-15/h1-11,13H,12,14H2,(H2,20,21). The van der Waals surface area contributed by atoms with Gasteiger partial charge in [-0.3, -0.25) is 0 Å². The molecule has 0 radical (unpaired) electrons. The summed E-state index contributed by atoms with van der Waals surface area (Å²) in [5, 5.41) is 0. The molecule has 22 heavy (non-hydrogen) atoms. The Bertz CT molecular complexity index is 741. The van der Waals surface area contributed by atoms with Crippen molar-refractivity contribution in [3.63, 3.8) is 0 Å². The van der Waals surface area contributed by atoms with Gasteiger partial charge in [-0.15, -0.1) is 0 Å². The van der Waals surface area contributed by atoms with Crippen LogP contribution in [0.15, 0.2) is 72.9 Å². The van der Waals surface area contributed by atoms with Crippen molar-refractivity contribution in [3.8, 4) is 5.75 Å². The highest BCUT2D eigenvalue weighted by atomic mass is 16.5. The average molecular weight is 290 g/mol. The lowest BCUT2D eigenvalue weighted by Crippen LogP contribution is -2.00. The molecule has 3 nitrogen and oxygen atoms in total. The SMILES string of the molecule is Nc1ncccc1OCc1cccc(Cc2ccccc2)c1. The van der Waals surface area contributed by atoms with Gasteiger partial charge in [-0.2, -0.15) is 0 Å². The molecule has 0 unspecified atom stereocenters. The summed E-state index contributed by atoms with van der Waals surface area (Å²) in [6, 6.07) is 22.5. The summed E-state index contributed by atoms with van der Waals surface area (Å²) in [5.41, 5.74) is 9.48. The minimum Gasteiger partial charge on any atom is -0.485 e. The maximum absolute atomic E-state index is 5.78. The third-order valence-electron chi connectivity index (χ3n) is 3.44. The normalized spacial score (nSPS) is 10.4. The van der Waals surface area contributed by atoms with E-state index >= 15 is 0 Å². The number of hydrogen-bond donors (Lipinski definition) is 1. The van der Waals surface area contributed by atoms with E-state index in [4.69, 9.17) is 10.5 Å². The van der Waals surface area contributed by atoms with E-state index in [1.165, 1.54) is 11.1 Å². The number of rotatable bonds is 5. The zero-order chi connectivity index (χ0) is 15.2. The molecule has 0 spiro atoms. The fraction of sp³-hybridized carbons (Fsp3) is 0.105. The predicted octanol–water partition coefficient (Wildman–Crippen LogP) is 3.83. The molecule has 0 saturated heterocycles. The van der Waals surface area contributed by atoms with E-state index in [0.29, 0.717) is 18.2 Å². The van der Waals surface area contributed by atoms with Crippen LogP contribution in [0.5, 0.6) is 5.75 Å². The number of nitrogens with zero attached hydrogens (tertiary/aromatic N) is 1. The van der Waals surface area contributed by atoms with Gasteiger partial charge in [-0.25, -0.2) is 4.98 Å². The fourth-order valence-electron chi connectivity index (χ4n) is 2.35. The van der Waals surface area contributed by atoms with Crippen LogP contribution in [-0.4, -0.2) is 4.98 Å². The predicted molar refractivity (Wildman–Crippen MR) is 88.7 cm³/mol. The van der Waals surface area contributed by atoms with Gasteiger partial charge in [0.15, 0.2) is 11.6 Å². The molecule has 0 bridgehead atoms. The topological polar surface area (TPSA) is 48.1 Å². The van der Waals surface area contributed by atoms with E-state index in [2.05, 4.69) is 53.5 Å². The van der Waals surface area contributed by atoms with Gasteiger partial charge in [-0.1, -0.05) is 54.6 Å². The molecule has 0 atom stereocenters. The molecule has 1 aromatic heterocycles. The van der Waals surface area contributed by atoms with Crippen molar-refractivity contribution in [3.05, 3.63) is 89.6 Å². The summed E-state index contributed by atoms with van der Waals surface area (Å²) in [6.45, 7) is 0.485. The second kappa shape index (κ2) is 6.76. The number of hydrogen-bond acceptors (Lipinski definition) is 3. The summed E-state index contributed by atoms with van der Waals surface area (Å²) in [5.74, 6) is 1.04. The molecule has 1 heterocycles. The maximum atomic E-state index is 5.78. The Morgan fingerprint density at radius 3 is 2.41 bits per heavy atom. The molecule has 0 aliphatic heterocycles. The molecule has 2 aromatic carbocycles. The third kappa shape index (κ3) is 3.64. The van der Waals surface area contributed by atoms with Crippen LogP contribution in [0.1, 0.15) is 16.7 Å². The first-order valence-electron chi connectivity index (χ1n) is 7.26. The monoisotopic (exact) mass is 290 g/mol. The van der Waals surface area contributed by atoms with Crippen molar-refractivity contribution in [1.29, 1.82) is 0 Å². The highest BCUT2D eigenvalue weighted by Gasteiger charge is 2.02. The van der Waals surface area contributed by atoms with Gasteiger partial charge >= 0.3 is 0 Å².